The fraction of sp³-hybridized carbons (Fsp3) is 0.333. The number of ether oxygens (including phenoxy) is 1. The number of rotatable bonds is 2. The topological polar surface area (TPSA) is 24.5 Å². The second kappa shape index (κ2) is 5.49. The van der Waals surface area contributed by atoms with Gasteiger partial charge in [-0.05, 0) is 35.4 Å². The maximum absolute atomic E-state index is 13.9. The number of benzene rings is 2. The molecule has 0 spiro atoms. The van der Waals surface area contributed by atoms with Crippen molar-refractivity contribution >= 4 is 21.6 Å². The molecule has 0 amide bonds. The van der Waals surface area contributed by atoms with Gasteiger partial charge >= 0.3 is 0 Å². The van der Waals surface area contributed by atoms with Crippen LogP contribution in [0.4, 0.5) is 10.1 Å². The zero-order valence-corrected chi connectivity index (χ0v) is 14.5. The number of hydrogen-bond donors (Lipinski definition) is 1. The highest BCUT2D eigenvalue weighted by Crippen LogP contribution is 2.48. The van der Waals surface area contributed by atoms with Gasteiger partial charge in [0.2, 0.25) is 0 Å². The standard InChI is InChI=1S/C18H18BrFN2O/c1-23-14-4-2-3-12(7-14)18-10-15-16(19)8-13(20)9-17(15)22(18)6-5-21-11-18/h2-4,7-9,21H,5-6,10-11H2,1H3. The molecule has 0 saturated carbocycles. The van der Waals surface area contributed by atoms with Crippen LogP contribution in [-0.2, 0) is 12.0 Å². The van der Waals surface area contributed by atoms with Crippen molar-refractivity contribution in [3.63, 3.8) is 0 Å². The predicted molar refractivity (Wildman–Crippen MR) is 92.7 cm³/mol. The van der Waals surface area contributed by atoms with E-state index in [1.54, 1.807) is 19.2 Å². The van der Waals surface area contributed by atoms with Gasteiger partial charge in [-0.1, -0.05) is 28.1 Å². The quantitative estimate of drug-likeness (QED) is 0.868. The Hall–Kier alpha value is -1.59. The Morgan fingerprint density at radius 2 is 2.17 bits per heavy atom. The lowest BCUT2D eigenvalue weighted by molar-refractivity contribution is 0.347. The average Bonchev–Trinajstić information content (AvgIpc) is 2.91. The zero-order valence-electron chi connectivity index (χ0n) is 12.9. The normalized spacial score (nSPS) is 22.7. The third-order valence-corrected chi connectivity index (χ3v) is 5.66. The summed E-state index contributed by atoms with van der Waals surface area (Å²) >= 11 is 3.54. The molecule has 1 atom stereocenters. The molecule has 4 rings (SSSR count). The maximum Gasteiger partial charge on any atom is 0.126 e. The molecule has 2 aliphatic rings. The molecular weight excluding hydrogens is 359 g/mol. The summed E-state index contributed by atoms with van der Waals surface area (Å²) in [6, 6.07) is 11.4. The Labute approximate surface area is 143 Å². The van der Waals surface area contributed by atoms with Crippen LogP contribution >= 0.6 is 15.9 Å². The van der Waals surface area contributed by atoms with Crippen LogP contribution in [0.5, 0.6) is 5.75 Å². The van der Waals surface area contributed by atoms with E-state index >= 15 is 0 Å². The van der Waals surface area contributed by atoms with Gasteiger partial charge < -0.3 is 15.0 Å². The van der Waals surface area contributed by atoms with Crippen molar-refractivity contribution < 1.29 is 9.13 Å². The predicted octanol–water partition coefficient (Wildman–Crippen LogP) is 3.46. The number of nitrogens with one attached hydrogen (secondary N) is 1. The molecule has 1 fully saturated rings. The molecule has 0 aliphatic carbocycles. The molecule has 1 N–H and O–H groups in total. The fourth-order valence-corrected chi connectivity index (χ4v) is 4.44. The van der Waals surface area contributed by atoms with E-state index in [4.69, 9.17) is 4.74 Å². The number of halogens is 2. The molecule has 3 nitrogen and oxygen atoms in total. The Morgan fingerprint density at radius 1 is 1.30 bits per heavy atom. The van der Waals surface area contributed by atoms with Crippen molar-refractivity contribution in [2.75, 3.05) is 31.6 Å². The second-order valence-electron chi connectivity index (χ2n) is 6.15. The third-order valence-electron chi connectivity index (χ3n) is 4.95. The van der Waals surface area contributed by atoms with E-state index in [-0.39, 0.29) is 11.4 Å². The summed E-state index contributed by atoms with van der Waals surface area (Å²) < 4.78 is 20.2. The minimum atomic E-state index is -0.199. The van der Waals surface area contributed by atoms with Gasteiger partial charge in [0.15, 0.2) is 0 Å². The first-order chi connectivity index (χ1) is 11.1. The molecule has 23 heavy (non-hydrogen) atoms. The molecular formula is C18H18BrFN2O. The van der Waals surface area contributed by atoms with E-state index in [2.05, 4.69) is 38.3 Å². The summed E-state index contributed by atoms with van der Waals surface area (Å²) in [6.45, 7) is 2.60. The molecule has 120 valence electrons. The highest BCUT2D eigenvalue weighted by molar-refractivity contribution is 9.10. The first-order valence-corrected chi connectivity index (χ1v) is 8.54. The lowest BCUT2D eigenvalue weighted by Crippen LogP contribution is -2.57. The van der Waals surface area contributed by atoms with E-state index in [1.165, 1.54) is 11.1 Å². The summed E-state index contributed by atoms with van der Waals surface area (Å²) in [5.41, 5.74) is 3.19. The van der Waals surface area contributed by atoms with Gasteiger partial charge in [-0.15, -0.1) is 0 Å². The molecule has 5 heteroatoms. The van der Waals surface area contributed by atoms with Crippen LogP contribution in [0.25, 0.3) is 0 Å². The van der Waals surface area contributed by atoms with Crippen molar-refractivity contribution in [3.05, 3.63) is 57.8 Å². The molecule has 2 aromatic rings. The van der Waals surface area contributed by atoms with E-state index in [0.717, 1.165) is 42.0 Å². The minimum Gasteiger partial charge on any atom is -0.497 e. The van der Waals surface area contributed by atoms with Crippen LogP contribution in [0, 0.1) is 5.82 Å². The van der Waals surface area contributed by atoms with Gasteiger partial charge in [0, 0.05) is 36.2 Å². The summed E-state index contributed by atoms with van der Waals surface area (Å²) in [6.07, 6.45) is 0.851. The van der Waals surface area contributed by atoms with Crippen LogP contribution in [0.2, 0.25) is 0 Å². The summed E-state index contributed by atoms with van der Waals surface area (Å²) in [4.78, 5) is 2.35. The van der Waals surface area contributed by atoms with Gasteiger partial charge in [0.05, 0.1) is 12.6 Å². The number of methoxy groups -OCH3 is 1. The number of hydrogen-bond acceptors (Lipinski definition) is 3. The van der Waals surface area contributed by atoms with Gasteiger partial charge in [-0.3, -0.25) is 0 Å². The SMILES string of the molecule is COc1cccc(C23CNCCN2c2cc(F)cc(Br)c2C3)c1. The van der Waals surface area contributed by atoms with Crippen LogP contribution in [0.1, 0.15) is 11.1 Å². The molecule has 2 aromatic carbocycles. The average molecular weight is 377 g/mol. The summed E-state index contributed by atoms with van der Waals surface area (Å²) in [7, 11) is 1.68. The van der Waals surface area contributed by atoms with Gasteiger partial charge in [-0.2, -0.15) is 0 Å². The summed E-state index contributed by atoms with van der Waals surface area (Å²) in [5.74, 6) is 0.652. The number of anilines is 1. The fourth-order valence-electron chi connectivity index (χ4n) is 3.88. The first kappa shape index (κ1) is 15.0. The van der Waals surface area contributed by atoms with Crippen molar-refractivity contribution in [2.24, 2.45) is 0 Å². The third kappa shape index (κ3) is 2.25. The minimum absolute atomic E-state index is 0.189. The van der Waals surface area contributed by atoms with Crippen LogP contribution in [0.15, 0.2) is 40.9 Å². The molecule has 0 bridgehead atoms. The Morgan fingerprint density at radius 3 is 3.00 bits per heavy atom. The number of fused-ring (bicyclic) bond motifs is 3. The molecule has 1 saturated heterocycles. The largest absolute Gasteiger partial charge is 0.497 e. The van der Waals surface area contributed by atoms with Crippen molar-refractivity contribution in [2.45, 2.75) is 12.0 Å². The molecule has 2 heterocycles. The smallest absolute Gasteiger partial charge is 0.126 e. The molecule has 0 aromatic heterocycles. The van der Waals surface area contributed by atoms with Crippen LogP contribution in [0.3, 0.4) is 0 Å². The van der Waals surface area contributed by atoms with Crippen LogP contribution in [-0.4, -0.2) is 26.7 Å². The Balaban J connectivity index is 1.88. The molecule has 0 radical (unpaired) electrons. The highest BCUT2D eigenvalue weighted by Gasteiger charge is 2.47. The van der Waals surface area contributed by atoms with E-state index in [1.807, 2.05) is 12.1 Å². The maximum atomic E-state index is 13.9. The monoisotopic (exact) mass is 376 g/mol. The van der Waals surface area contributed by atoms with Crippen LogP contribution < -0.4 is 15.0 Å². The Kier molecular flexibility index (Phi) is 3.58. The summed E-state index contributed by atoms with van der Waals surface area (Å²) in [5, 5.41) is 3.51. The van der Waals surface area contributed by atoms with E-state index in [0.29, 0.717) is 0 Å². The lowest BCUT2D eigenvalue weighted by Gasteiger charge is -2.45. The number of piperazine rings is 1. The second-order valence-corrected chi connectivity index (χ2v) is 7.01. The van der Waals surface area contributed by atoms with Crippen molar-refractivity contribution in [3.8, 4) is 5.75 Å². The zero-order chi connectivity index (χ0) is 16.0. The Bertz CT molecular complexity index is 767. The van der Waals surface area contributed by atoms with E-state index < -0.39 is 0 Å². The molecule has 2 aliphatic heterocycles. The van der Waals surface area contributed by atoms with Gasteiger partial charge in [0.25, 0.3) is 0 Å². The first-order valence-electron chi connectivity index (χ1n) is 7.75. The van der Waals surface area contributed by atoms with Gasteiger partial charge in [0.1, 0.15) is 11.6 Å². The van der Waals surface area contributed by atoms with Crippen molar-refractivity contribution in [1.29, 1.82) is 0 Å². The number of nitrogens with zero attached hydrogens (tertiary/aromatic N) is 1. The van der Waals surface area contributed by atoms with Gasteiger partial charge in [-0.25, -0.2) is 4.39 Å². The van der Waals surface area contributed by atoms with E-state index in [9.17, 15) is 4.39 Å². The van der Waals surface area contributed by atoms with Crippen molar-refractivity contribution in [1.82, 2.24) is 5.32 Å². The highest BCUT2D eigenvalue weighted by atomic mass is 79.9. The lowest BCUT2D eigenvalue weighted by atomic mass is 9.84. The molecule has 1 unspecified atom stereocenters.